The van der Waals surface area contributed by atoms with E-state index in [4.69, 9.17) is 0 Å². The summed E-state index contributed by atoms with van der Waals surface area (Å²) in [4.78, 5) is 14.3. The minimum absolute atomic E-state index is 0.0919. The molecule has 1 amide bonds. The van der Waals surface area contributed by atoms with Crippen LogP contribution in [0.5, 0.6) is 0 Å². The molecule has 17 heavy (non-hydrogen) atoms. The van der Waals surface area contributed by atoms with Crippen molar-refractivity contribution in [3.05, 3.63) is 12.2 Å². The topological polar surface area (TPSA) is 51.0 Å². The smallest absolute Gasteiger partial charge is 0.228 e. The second-order valence-corrected chi connectivity index (χ2v) is 5.71. The van der Waals surface area contributed by atoms with Gasteiger partial charge in [0.15, 0.2) is 5.82 Å². The first-order valence-corrected chi connectivity index (χ1v) is 6.06. The highest BCUT2D eigenvalue weighted by molar-refractivity contribution is 5.82. The number of likely N-dealkylation sites (tertiary alicyclic amines) is 1. The fourth-order valence-corrected chi connectivity index (χ4v) is 2.30. The summed E-state index contributed by atoms with van der Waals surface area (Å²) >= 11 is 0. The number of nitrogens with zero attached hydrogens (tertiary/aromatic N) is 4. The summed E-state index contributed by atoms with van der Waals surface area (Å²) in [6.07, 6.45) is 3.71. The van der Waals surface area contributed by atoms with Gasteiger partial charge in [-0.1, -0.05) is 20.8 Å². The van der Waals surface area contributed by atoms with Crippen LogP contribution in [0.15, 0.2) is 6.33 Å². The first-order valence-electron chi connectivity index (χ1n) is 6.06. The summed E-state index contributed by atoms with van der Waals surface area (Å²) in [6.45, 7) is 6.71. The standard InChI is InChI=1S/C12H20N4O/c1-12(2,3)11(17)16-7-5-6-9(16)10-14-13-8-15(10)4/h8-9H,5-7H2,1-4H3/t9-/m0/s1. The molecule has 2 heterocycles. The lowest BCUT2D eigenvalue weighted by molar-refractivity contribution is -0.140. The van der Waals surface area contributed by atoms with Gasteiger partial charge in [-0.2, -0.15) is 0 Å². The zero-order chi connectivity index (χ0) is 12.6. The maximum Gasteiger partial charge on any atom is 0.228 e. The van der Waals surface area contributed by atoms with E-state index in [1.807, 2.05) is 37.3 Å². The third-order valence-corrected chi connectivity index (χ3v) is 3.20. The molecule has 0 unspecified atom stereocenters. The average Bonchev–Trinajstić information content (AvgIpc) is 2.82. The lowest BCUT2D eigenvalue weighted by Crippen LogP contribution is -2.39. The van der Waals surface area contributed by atoms with Crippen LogP contribution in [-0.2, 0) is 11.8 Å². The lowest BCUT2D eigenvalue weighted by atomic mass is 9.94. The minimum Gasteiger partial charge on any atom is -0.332 e. The second-order valence-electron chi connectivity index (χ2n) is 5.71. The molecule has 0 N–H and O–H groups in total. The molecule has 5 heteroatoms. The molecule has 1 saturated heterocycles. The van der Waals surface area contributed by atoms with Crippen molar-refractivity contribution in [2.45, 2.75) is 39.7 Å². The molecule has 0 bridgehead atoms. The van der Waals surface area contributed by atoms with E-state index in [0.717, 1.165) is 25.2 Å². The number of rotatable bonds is 1. The molecule has 94 valence electrons. The van der Waals surface area contributed by atoms with Gasteiger partial charge in [0.05, 0.1) is 6.04 Å². The zero-order valence-electron chi connectivity index (χ0n) is 11.0. The summed E-state index contributed by atoms with van der Waals surface area (Å²) in [5, 5.41) is 8.03. The van der Waals surface area contributed by atoms with E-state index in [0.29, 0.717) is 0 Å². The minimum atomic E-state index is -0.332. The van der Waals surface area contributed by atoms with E-state index in [9.17, 15) is 4.79 Å². The van der Waals surface area contributed by atoms with Crippen LogP contribution in [0, 0.1) is 5.41 Å². The monoisotopic (exact) mass is 236 g/mol. The molecule has 1 aromatic heterocycles. The van der Waals surface area contributed by atoms with Crippen LogP contribution >= 0.6 is 0 Å². The number of aryl methyl sites for hydroxylation is 1. The molecule has 1 aromatic rings. The van der Waals surface area contributed by atoms with Crippen LogP contribution in [0.25, 0.3) is 0 Å². The van der Waals surface area contributed by atoms with E-state index >= 15 is 0 Å². The molecular weight excluding hydrogens is 216 g/mol. The molecule has 2 rings (SSSR count). The van der Waals surface area contributed by atoms with Crippen molar-refractivity contribution >= 4 is 5.91 Å². The van der Waals surface area contributed by atoms with Crippen LogP contribution in [0.3, 0.4) is 0 Å². The van der Waals surface area contributed by atoms with Crippen molar-refractivity contribution in [1.29, 1.82) is 0 Å². The molecular formula is C12H20N4O. The molecule has 0 aliphatic carbocycles. The largest absolute Gasteiger partial charge is 0.332 e. The zero-order valence-corrected chi connectivity index (χ0v) is 11.0. The number of aromatic nitrogens is 3. The predicted molar refractivity (Wildman–Crippen MR) is 64.1 cm³/mol. The molecule has 5 nitrogen and oxygen atoms in total. The van der Waals surface area contributed by atoms with Gasteiger partial charge in [-0.15, -0.1) is 10.2 Å². The Kier molecular flexibility index (Phi) is 2.93. The van der Waals surface area contributed by atoms with Crippen molar-refractivity contribution in [1.82, 2.24) is 19.7 Å². The van der Waals surface area contributed by atoms with E-state index < -0.39 is 0 Å². The number of carbonyl (C=O) groups excluding carboxylic acids is 1. The Labute approximate surface area is 102 Å². The summed E-state index contributed by atoms with van der Waals surface area (Å²) in [6, 6.07) is 0.0919. The van der Waals surface area contributed by atoms with Gasteiger partial charge in [0.2, 0.25) is 5.91 Å². The number of amides is 1. The van der Waals surface area contributed by atoms with Gasteiger partial charge in [-0.05, 0) is 12.8 Å². The third-order valence-electron chi connectivity index (χ3n) is 3.20. The quantitative estimate of drug-likeness (QED) is 0.743. The Morgan fingerprint density at radius 3 is 2.71 bits per heavy atom. The fourth-order valence-electron chi connectivity index (χ4n) is 2.30. The fraction of sp³-hybridized carbons (Fsp3) is 0.750. The SMILES string of the molecule is Cn1cnnc1[C@@H]1CCCN1C(=O)C(C)(C)C. The Balaban J connectivity index is 2.25. The van der Waals surface area contributed by atoms with Crippen molar-refractivity contribution < 1.29 is 4.79 Å². The van der Waals surface area contributed by atoms with Gasteiger partial charge in [0.25, 0.3) is 0 Å². The highest BCUT2D eigenvalue weighted by Gasteiger charge is 2.37. The van der Waals surface area contributed by atoms with E-state index in [2.05, 4.69) is 10.2 Å². The summed E-state index contributed by atoms with van der Waals surface area (Å²) in [5.41, 5.74) is -0.332. The highest BCUT2D eigenvalue weighted by atomic mass is 16.2. The maximum absolute atomic E-state index is 12.4. The number of hydrogen-bond acceptors (Lipinski definition) is 3. The van der Waals surface area contributed by atoms with Crippen molar-refractivity contribution in [2.75, 3.05) is 6.54 Å². The molecule has 1 aliphatic heterocycles. The molecule has 0 saturated carbocycles. The van der Waals surface area contributed by atoms with E-state index in [1.54, 1.807) is 6.33 Å². The van der Waals surface area contributed by atoms with E-state index in [1.165, 1.54) is 0 Å². The summed E-state index contributed by atoms with van der Waals surface area (Å²) in [5.74, 6) is 1.09. The normalized spacial score (nSPS) is 20.9. The van der Waals surface area contributed by atoms with Gasteiger partial charge < -0.3 is 9.47 Å². The molecule has 0 aromatic carbocycles. The van der Waals surface area contributed by atoms with Crippen LogP contribution < -0.4 is 0 Å². The third kappa shape index (κ3) is 2.18. The van der Waals surface area contributed by atoms with Gasteiger partial charge >= 0.3 is 0 Å². The molecule has 1 atom stereocenters. The first kappa shape index (κ1) is 12.1. The van der Waals surface area contributed by atoms with Crippen molar-refractivity contribution in [2.24, 2.45) is 12.5 Å². The summed E-state index contributed by atoms with van der Waals surface area (Å²) < 4.78 is 1.90. The van der Waals surface area contributed by atoms with Crippen LogP contribution in [0.2, 0.25) is 0 Å². The van der Waals surface area contributed by atoms with E-state index in [-0.39, 0.29) is 17.4 Å². The Morgan fingerprint density at radius 2 is 2.18 bits per heavy atom. The maximum atomic E-state index is 12.4. The Bertz CT molecular complexity index is 418. The average molecular weight is 236 g/mol. The Morgan fingerprint density at radius 1 is 1.47 bits per heavy atom. The number of hydrogen-bond donors (Lipinski definition) is 0. The van der Waals surface area contributed by atoms with Gasteiger partial charge in [-0.25, -0.2) is 0 Å². The molecule has 0 radical (unpaired) electrons. The van der Waals surface area contributed by atoms with Crippen LogP contribution in [-0.4, -0.2) is 32.1 Å². The van der Waals surface area contributed by atoms with Gasteiger partial charge in [0.1, 0.15) is 6.33 Å². The Hall–Kier alpha value is -1.39. The highest BCUT2D eigenvalue weighted by Crippen LogP contribution is 2.33. The predicted octanol–water partition coefficient (Wildman–Crippen LogP) is 1.52. The second kappa shape index (κ2) is 4.13. The van der Waals surface area contributed by atoms with Crippen molar-refractivity contribution in [3.63, 3.8) is 0 Å². The lowest BCUT2D eigenvalue weighted by Gasteiger charge is -2.30. The first-order chi connectivity index (χ1) is 7.91. The molecule has 1 fully saturated rings. The molecule has 1 aliphatic rings. The number of carbonyl (C=O) groups is 1. The van der Waals surface area contributed by atoms with Crippen LogP contribution in [0.4, 0.5) is 0 Å². The summed E-state index contributed by atoms with van der Waals surface area (Å²) in [7, 11) is 1.92. The molecule has 0 spiro atoms. The van der Waals surface area contributed by atoms with Gasteiger partial charge in [0, 0.05) is 19.0 Å². The van der Waals surface area contributed by atoms with Crippen LogP contribution in [0.1, 0.15) is 45.5 Å². The van der Waals surface area contributed by atoms with Gasteiger partial charge in [-0.3, -0.25) is 4.79 Å². The van der Waals surface area contributed by atoms with Crippen molar-refractivity contribution in [3.8, 4) is 0 Å².